The highest BCUT2D eigenvalue weighted by Crippen LogP contribution is 2.31. The summed E-state index contributed by atoms with van der Waals surface area (Å²) in [5.41, 5.74) is 7.27. The van der Waals surface area contributed by atoms with Crippen molar-refractivity contribution in [1.82, 2.24) is 14.7 Å². The fourth-order valence-corrected chi connectivity index (χ4v) is 2.72. The van der Waals surface area contributed by atoms with E-state index in [1.807, 2.05) is 24.9 Å². The van der Waals surface area contributed by atoms with Crippen molar-refractivity contribution in [2.24, 2.45) is 18.2 Å². The molecule has 1 aromatic heterocycles. The van der Waals surface area contributed by atoms with Crippen molar-refractivity contribution in [3.63, 3.8) is 0 Å². The summed E-state index contributed by atoms with van der Waals surface area (Å²) in [7, 11) is 1.81. The molecule has 2 rings (SSSR count). The van der Waals surface area contributed by atoms with E-state index in [1.165, 1.54) is 0 Å². The van der Waals surface area contributed by atoms with E-state index < -0.39 is 0 Å². The van der Waals surface area contributed by atoms with Gasteiger partial charge in [-0.2, -0.15) is 5.10 Å². The van der Waals surface area contributed by atoms with E-state index >= 15 is 0 Å². The third-order valence-electron chi connectivity index (χ3n) is 4.26. The number of likely N-dealkylation sites (tertiary alicyclic amines) is 1. The molecule has 6 heteroatoms. The van der Waals surface area contributed by atoms with Gasteiger partial charge in [0.1, 0.15) is 5.69 Å². The number of aryl methyl sites for hydroxylation is 2. The fourth-order valence-electron chi connectivity index (χ4n) is 2.51. The number of nitrogens with two attached hydrogens (primary N) is 1. The molecule has 5 nitrogen and oxygen atoms in total. The summed E-state index contributed by atoms with van der Waals surface area (Å²) >= 11 is 5.13. The minimum Gasteiger partial charge on any atom is -0.393 e. The summed E-state index contributed by atoms with van der Waals surface area (Å²) < 4.78 is 1.67. The van der Waals surface area contributed by atoms with Crippen molar-refractivity contribution in [2.45, 2.75) is 33.1 Å². The van der Waals surface area contributed by atoms with Gasteiger partial charge < -0.3 is 10.6 Å². The van der Waals surface area contributed by atoms with E-state index in [2.05, 4.69) is 12.0 Å². The van der Waals surface area contributed by atoms with Gasteiger partial charge in [0.2, 0.25) is 0 Å². The summed E-state index contributed by atoms with van der Waals surface area (Å²) in [6.07, 6.45) is 2.49. The van der Waals surface area contributed by atoms with Gasteiger partial charge in [0.05, 0.1) is 10.7 Å². The van der Waals surface area contributed by atoms with Crippen molar-refractivity contribution < 1.29 is 4.79 Å². The van der Waals surface area contributed by atoms with Crippen LogP contribution in [-0.4, -0.2) is 38.7 Å². The number of thiocarbonyl (C=S) groups is 1. The number of nitrogens with zero attached hydrogens (tertiary/aromatic N) is 3. The summed E-state index contributed by atoms with van der Waals surface area (Å²) in [5.74, 6) is 0.0460. The van der Waals surface area contributed by atoms with E-state index in [1.54, 1.807) is 4.68 Å². The maximum atomic E-state index is 12.5. The lowest BCUT2D eigenvalue weighted by Crippen LogP contribution is -2.47. The maximum Gasteiger partial charge on any atom is 0.272 e. The Morgan fingerprint density at radius 3 is 2.55 bits per heavy atom. The zero-order valence-corrected chi connectivity index (χ0v) is 13.2. The number of hydrogen-bond donors (Lipinski definition) is 1. The summed E-state index contributed by atoms with van der Waals surface area (Å²) in [4.78, 5) is 15.0. The van der Waals surface area contributed by atoms with Crippen LogP contribution in [0.4, 0.5) is 0 Å². The van der Waals surface area contributed by atoms with Gasteiger partial charge in [-0.3, -0.25) is 9.48 Å². The van der Waals surface area contributed by atoms with Crippen LogP contribution in [-0.2, 0) is 13.5 Å². The smallest absolute Gasteiger partial charge is 0.272 e. The average molecular weight is 294 g/mol. The molecular formula is C14H22N4OS. The van der Waals surface area contributed by atoms with Gasteiger partial charge in [-0.15, -0.1) is 0 Å². The first-order valence-corrected chi connectivity index (χ1v) is 7.40. The van der Waals surface area contributed by atoms with E-state index in [9.17, 15) is 4.79 Å². The molecule has 0 aliphatic carbocycles. The second-order valence-electron chi connectivity index (χ2n) is 5.72. The van der Waals surface area contributed by atoms with E-state index in [-0.39, 0.29) is 11.3 Å². The molecule has 0 saturated carbocycles. The van der Waals surface area contributed by atoms with Gasteiger partial charge in [-0.25, -0.2) is 0 Å². The molecule has 1 saturated heterocycles. The van der Waals surface area contributed by atoms with E-state index in [4.69, 9.17) is 18.0 Å². The number of carbonyl (C=O) groups excluding carboxylic acids is 1. The summed E-state index contributed by atoms with van der Waals surface area (Å²) in [6.45, 7) is 5.50. The second kappa shape index (κ2) is 5.52. The van der Waals surface area contributed by atoms with Crippen LogP contribution in [0.5, 0.6) is 0 Å². The lowest BCUT2D eigenvalue weighted by molar-refractivity contribution is 0.0659. The molecule has 1 aromatic rings. The Balaban J connectivity index is 2.08. The Hall–Kier alpha value is -1.43. The first kappa shape index (κ1) is 15.0. The van der Waals surface area contributed by atoms with Gasteiger partial charge in [0.25, 0.3) is 5.91 Å². The van der Waals surface area contributed by atoms with Gasteiger partial charge in [0.15, 0.2) is 0 Å². The molecule has 0 aromatic carbocycles. The van der Waals surface area contributed by atoms with Crippen LogP contribution in [0.2, 0.25) is 0 Å². The molecule has 2 N–H and O–H groups in total. The Labute approximate surface area is 125 Å². The minimum absolute atomic E-state index is 0.0460. The van der Waals surface area contributed by atoms with Gasteiger partial charge in [0, 0.05) is 25.6 Å². The lowest BCUT2D eigenvalue weighted by atomic mass is 9.80. The first-order chi connectivity index (χ1) is 9.37. The van der Waals surface area contributed by atoms with Gasteiger partial charge in [-0.05, 0) is 25.3 Å². The summed E-state index contributed by atoms with van der Waals surface area (Å²) in [6, 6.07) is 1.88. The molecule has 20 heavy (non-hydrogen) atoms. The quantitative estimate of drug-likeness (QED) is 0.858. The van der Waals surface area contributed by atoms with Crippen LogP contribution in [0, 0.1) is 5.41 Å². The number of hydrogen-bond acceptors (Lipinski definition) is 3. The van der Waals surface area contributed by atoms with Crippen molar-refractivity contribution in [1.29, 1.82) is 0 Å². The average Bonchev–Trinajstić information content (AvgIpc) is 2.80. The Morgan fingerprint density at radius 2 is 2.10 bits per heavy atom. The van der Waals surface area contributed by atoms with Crippen LogP contribution in [0.15, 0.2) is 6.07 Å². The van der Waals surface area contributed by atoms with Crippen molar-refractivity contribution in [3.05, 3.63) is 17.5 Å². The zero-order chi connectivity index (χ0) is 14.9. The standard InChI is InChI=1S/C14H22N4OS/c1-4-10-9-11(17(3)16-10)12(19)18-7-5-14(2,6-8-18)13(15)20/h9H,4-8H2,1-3H3,(H2,15,20). The highest BCUT2D eigenvalue weighted by Gasteiger charge is 2.35. The number of piperidine rings is 1. The maximum absolute atomic E-state index is 12.5. The number of aromatic nitrogens is 2. The van der Waals surface area contributed by atoms with Gasteiger partial charge >= 0.3 is 0 Å². The number of carbonyl (C=O) groups is 1. The highest BCUT2D eigenvalue weighted by atomic mass is 32.1. The molecule has 1 fully saturated rings. The minimum atomic E-state index is -0.118. The third kappa shape index (κ3) is 2.70. The SMILES string of the molecule is CCc1cc(C(=O)N2CCC(C)(C(N)=S)CC2)n(C)n1. The van der Waals surface area contributed by atoms with E-state index in [0.29, 0.717) is 23.8 Å². The van der Waals surface area contributed by atoms with Crippen LogP contribution in [0.25, 0.3) is 0 Å². The molecule has 1 aliphatic heterocycles. The largest absolute Gasteiger partial charge is 0.393 e. The van der Waals surface area contributed by atoms with Crippen molar-refractivity contribution >= 4 is 23.1 Å². The Morgan fingerprint density at radius 1 is 1.50 bits per heavy atom. The molecule has 0 unspecified atom stereocenters. The fraction of sp³-hybridized carbons (Fsp3) is 0.643. The number of amides is 1. The van der Waals surface area contributed by atoms with Crippen LogP contribution in [0.1, 0.15) is 42.9 Å². The van der Waals surface area contributed by atoms with Crippen LogP contribution < -0.4 is 5.73 Å². The molecular weight excluding hydrogens is 272 g/mol. The molecule has 2 heterocycles. The lowest BCUT2D eigenvalue weighted by Gasteiger charge is -2.38. The third-order valence-corrected chi connectivity index (χ3v) is 4.75. The molecule has 1 amide bonds. The summed E-state index contributed by atoms with van der Waals surface area (Å²) in [5, 5.41) is 4.33. The molecule has 110 valence electrons. The normalized spacial score (nSPS) is 18.1. The monoisotopic (exact) mass is 294 g/mol. The topological polar surface area (TPSA) is 64.2 Å². The van der Waals surface area contributed by atoms with Crippen LogP contribution in [0.3, 0.4) is 0 Å². The van der Waals surface area contributed by atoms with Crippen molar-refractivity contribution in [3.8, 4) is 0 Å². The van der Waals surface area contributed by atoms with Gasteiger partial charge in [-0.1, -0.05) is 26.1 Å². The highest BCUT2D eigenvalue weighted by molar-refractivity contribution is 7.80. The molecule has 0 spiro atoms. The molecule has 0 radical (unpaired) electrons. The Kier molecular flexibility index (Phi) is 4.13. The van der Waals surface area contributed by atoms with Crippen LogP contribution >= 0.6 is 12.2 Å². The predicted octanol–water partition coefficient (Wildman–Crippen LogP) is 1.51. The van der Waals surface area contributed by atoms with Crippen molar-refractivity contribution in [2.75, 3.05) is 13.1 Å². The molecule has 0 bridgehead atoms. The van der Waals surface area contributed by atoms with E-state index in [0.717, 1.165) is 25.0 Å². The second-order valence-corrected chi connectivity index (χ2v) is 6.16. The zero-order valence-electron chi connectivity index (χ0n) is 12.3. The Bertz CT molecular complexity index is 529. The first-order valence-electron chi connectivity index (χ1n) is 6.99. The molecule has 1 aliphatic rings. The molecule has 0 atom stereocenters. The predicted molar refractivity (Wildman–Crippen MR) is 82.6 cm³/mol. The number of rotatable bonds is 3.